The molecule has 1 heterocycles. The fourth-order valence-corrected chi connectivity index (χ4v) is 7.39. The van der Waals surface area contributed by atoms with Gasteiger partial charge in [0.15, 0.2) is 0 Å². The Labute approximate surface area is 219 Å². The smallest absolute Gasteiger partial charge is 0.407 e. The molecule has 198 valence electrons. The molecule has 4 aliphatic rings. The van der Waals surface area contributed by atoms with E-state index in [0.717, 1.165) is 43.2 Å². The van der Waals surface area contributed by atoms with Crippen LogP contribution in [-0.2, 0) is 14.3 Å². The number of alkyl carbamates (subject to hydrolysis) is 1. The quantitative estimate of drug-likeness (QED) is 0.465. The Kier molecular flexibility index (Phi) is 7.55. The largest absolute Gasteiger partial charge is 0.462 e. The molecule has 8 atom stereocenters. The maximum atomic E-state index is 13.8. The summed E-state index contributed by atoms with van der Waals surface area (Å²) in [6.45, 7) is 6.39. The zero-order valence-electron chi connectivity index (χ0n) is 22.0. The van der Waals surface area contributed by atoms with Crippen LogP contribution >= 0.6 is 0 Å². The summed E-state index contributed by atoms with van der Waals surface area (Å²) in [6, 6.07) is 6.89. The first-order valence-corrected chi connectivity index (χ1v) is 13.8. The highest BCUT2D eigenvalue weighted by Gasteiger charge is 2.54. The summed E-state index contributed by atoms with van der Waals surface area (Å²) >= 11 is 0. The SMILES string of the molecule is CCOC(=O)N[C@H]1CC[C@H]2[C@@H](C1)C[C@@H]1C(=O)O[C@@H](C)[C@@H]1[C@H]2/C=C/C1=CC=C(c2cccc(F)c2)C(C)C1. The molecule has 0 radical (unpaired) electrons. The highest BCUT2D eigenvalue weighted by atomic mass is 19.1. The normalized spacial score (nSPS) is 35.2. The van der Waals surface area contributed by atoms with Gasteiger partial charge in [0.25, 0.3) is 0 Å². The number of hydrogen-bond donors (Lipinski definition) is 1. The molecule has 1 aromatic rings. The zero-order valence-corrected chi connectivity index (χ0v) is 22.0. The molecule has 0 spiro atoms. The van der Waals surface area contributed by atoms with Crippen molar-refractivity contribution in [1.29, 1.82) is 0 Å². The molecule has 3 aliphatic carbocycles. The van der Waals surface area contributed by atoms with Crippen LogP contribution in [-0.4, -0.2) is 30.8 Å². The van der Waals surface area contributed by atoms with Crippen LogP contribution in [0.3, 0.4) is 0 Å². The molecule has 1 amide bonds. The topological polar surface area (TPSA) is 64.6 Å². The fourth-order valence-electron chi connectivity index (χ4n) is 7.39. The molecule has 3 fully saturated rings. The van der Waals surface area contributed by atoms with Gasteiger partial charge in [-0.25, -0.2) is 9.18 Å². The summed E-state index contributed by atoms with van der Waals surface area (Å²) in [5, 5.41) is 3.02. The first kappa shape index (κ1) is 25.7. The molecule has 6 heteroatoms. The standard InChI is InChI=1S/C31H38FNO4/c1-4-36-31(35)33-24-10-13-26-22(16-24)17-28-29(19(3)37-30(28)34)27(26)12-9-20-8-11-25(18(2)14-20)21-6-5-7-23(32)15-21/h5-9,11-12,15,18-19,22,24,26-29H,4,10,13-14,16-17H2,1-3H3,(H,33,35)/b12-9+/t18?,19-,22-,24-,26-,27-,28-,29+/m0/s1. The molecule has 37 heavy (non-hydrogen) atoms. The molecular weight excluding hydrogens is 469 g/mol. The molecule has 5 nitrogen and oxygen atoms in total. The molecule has 0 aromatic heterocycles. The number of cyclic esters (lactones) is 1. The van der Waals surface area contributed by atoms with Crippen molar-refractivity contribution in [2.75, 3.05) is 6.61 Å². The van der Waals surface area contributed by atoms with Crippen molar-refractivity contribution in [2.45, 2.75) is 65.0 Å². The predicted molar refractivity (Wildman–Crippen MR) is 141 cm³/mol. The Morgan fingerprint density at radius 3 is 2.81 bits per heavy atom. The molecule has 1 saturated heterocycles. The van der Waals surface area contributed by atoms with Crippen molar-refractivity contribution >= 4 is 17.6 Å². The third-order valence-corrected chi connectivity index (χ3v) is 8.99. The number of hydrogen-bond acceptors (Lipinski definition) is 4. The summed E-state index contributed by atoms with van der Waals surface area (Å²) in [5.74, 6) is 1.23. The molecule has 1 aromatic carbocycles. The monoisotopic (exact) mass is 507 g/mol. The molecule has 2 saturated carbocycles. The number of amides is 1. The van der Waals surface area contributed by atoms with E-state index in [4.69, 9.17) is 9.47 Å². The Hall–Kier alpha value is -2.89. The van der Waals surface area contributed by atoms with Gasteiger partial charge in [0.05, 0.1) is 12.5 Å². The van der Waals surface area contributed by atoms with Crippen molar-refractivity contribution in [1.82, 2.24) is 5.32 Å². The second-order valence-electron chi connectivity index (χ2n) is 11.3. The first-order valence-electron chi connectivity index (χ1n) is 13.8. The summed E-state index contributed by atoms with van der Waals surface area (Å²) in [4.78, 5) is 24.7. The number of ether oxygens (including phenoxy) is 2. The number of carbonyl (C=O) groups excluding carboxylic acids is 2. The average Bonchev–Trinajstić information content (AvgIpc) is 3.14. The van der Waals surface area contributed by atoms with Gasteiger partial charge in [-0.1, -0.05) is 43.4 Å². The second-order valence-corrected chi connectivity index (χ2v) is 11.3. The zero-order chi connectivity index (χ0) is 26.1. The summed E-state index contributed by atoms with van der Waals surface area (Å²) in [6.07, 6.45) is 13.0. The number of allylic oxidation sites excluding steroid dienone is 6. The van der Waals surface area contributed by atoms with Crippen LogP contribution in [0.25, 0.3) is 5.57 Å². The van der Waals surface area contributed by atoms with E-state index in [1.54, 1.807) is 12.1 Å². The van der Waals surface area contributed by atoms with Gasteiger partial charge in [-0.3, -0.25) is 4.79 Å². The minimum atomic E-state index is -0.353. The minimum Gasteiger partial charge on any atom is -0.462 e. The average molecular weight is 508 g/mol. The lowest BCUT2D eigenvalue weighted by Crippen LogP contribution is -2.48. The Bertz CT molecular complexity index is 1120. The van der Waals surface area contributed by atoms with Gasteiger partial charge >= 0.3 is 12.1 Å². The van der Waals surface area contributed by atoms with E-state index in [9.17, 15) is 14.0 Å². The van der Waals surface area contributed by atoms with Crippen LogP contribution in [0.4, 0.5) is 9.18 Å². The third-order valence-electron chi connectivity index (χ3n) is 8.99. The van der Waals surface area contributed by atoms with E-state index in [-0.39, 0.29) is 53.7 Å². The molecule has 1 aliphatic heterocycles. The number of esters is 1. The molecule has 1 N–H and O–H groups in total. The lowest BCUT2D eigenvalue weighted by Gasteiger charge is -2.47. The van der Waals surface area contributed by atoms with E-state index in [0.29, 0.717) is 18.4 Å². The van der Waals surface area contributed by atoms with Crippen LogP contribution in [0, 0.1) is 41.3 Å². The summed E-state index contributed by atoms with van der Waals surface area (Å²) < 4.78 is 24.6. The van der Waals surface area contributed by atoms with Crippen molar-refractivity contribution in [3.63, 3.8) is 0 Å². The van der Waals surface area contributed by atoms with E-state index >= 15 is 0 Å². The van der Waals surface area contributed by atoms with Gasteiger partial charge in [0.2, 0.25) is 0 Å². The minimum absolute atomic E-state index is 0.0667. The highest BCUT2D eigenvalue weighted by Crippen LogP contribution is 2.53. The summed E-state index contributed by atoms with van der Waals surface area (Å²) in [7, 11) is 0. The van der Waals surface area contributed by atoms with Gasteiger partial charge in [-0.05, 0) is 98.5 Å². The molecule has 5 rings (SSSR count). The highest BCUT2D eigenvalue weighted by molar-refractivity contribution is 5.75. The van der Waals surface area contributed by atoms with Crippen molar-refractivity contribution in [2.24, 2.45) is 35.5 Å². The number of nitrogens with one attached hydrogen (secondary N) is 1. The van der Waals surface area contributed by atoms with Crippen molar-refractivity contribution in [3.8, 4) is 0 Å². The Morgan fingerprint density at radius 1 is 1.22 bits per heavy atom. The van der Waals surface area contributed by atoms with Crippen LogP contribution in [0.5, 0.6) is 0 Å². The van der Waals surface area contributed by atoms with Gasteiger partial charge in [-0.15, -0.1) is 0 Å². The number of rotatable bonds is 5. The summed E-state index contributed by atoms with van der Waals surface area (Å²) in [5.41, 5.74) is 3.35. The van der Waals surface area contributed by atoms with Crippen LogP contribution in [0.1, 0.15) is 58.4 Å². The fraction of sp³-hybridized carbons (Fsp3) is 0.548. The van der Waals surface area contributed by atoms with Crippen molar-refractivity contribution in [3.05, 3.63) is 65.5 Å². The van der Waals surface area contributed by atoms with E-state index < -0.39 is 0 Å². The second kappa shape index (κ2) is 10.8. The van der Waals surface area contributed by atoms with Crippen LogP contribution in [0.2, 0.25) is 0 Å². The van der Waals surface area contributed by atoms with Gasteiger partial charge in [0.1, 0.15) is 11.9 Å². The maximum Gasteiger partial charge on any atom is 0.407 e. The number of benzene rings is 1. The van der Waals surface area contributed by atoms with E-state index in [1.165, 1.54) is 11.6 Å². The lowest BCUT2D eigenvalue weighted by molar-refractivity contribution is -0.144. The van der Waals surface area contributed by atoms with Gasteiger partial charge in [0, 0.05) is 12.0 Å². The maximum absolute atomic E-state index is 13.8. The van der Waals surface area contributed by atoms with Crippen LogP contribution < -0.4 is 5.32 Å². The van der Waals surface area contributed by atoms with E-state index in [1.807, 2.05) is 19.9 Å². The van der Waals surface area contributed by atoms with Gasteiger partial charge in [-0.2, -0.15) is 0 Å². The van der Waals surface area contributed by atoms with Crippen molar-refractivity contribution < 1.29 is 23.5 Å². The molecule has 0 bridgehead atoms. The Morgan fingerprint density at radius 2 is 2.05 bits per heavy atom. The number of carbonyl (C=O) groups is 2. The first-order chi connectivity index (χ1) is 17.8. The Balaban J connectivity index is 1.35. The molecule has 1 unspecified atom stereocenters. The number of halogens is 1. The number of fused-ring (bicyclic) bond motifs is 2. The third kappa shape index (κ3) is 5.39. The van der Waals surface area contributed by atoms with Crippen LogP contribution in [0.15, 0.2) is 54.1 Å². The van der Waals surface area contributed by atoms with Gasteiger partial charge < -0.3 is 14.8 Å². The predicted octanol–water partition coefficient (Wildman–Crippen LogP) is 6.46. The lowest BCUT2D eigenvalue weighted by atomic mass is 9.57. The molecular formula is C31H38FNO4. The van der Waals surface area contributed by atoms with E-state index in [2.05, 4.69) is 36.5 Å².